The van der Waals surface area contributed by atoms with Gasteiger partial charge in [-0.15, -0.1) is 0 Å². The molecule has 0 fully saturated rings. The molecule has 0 aliphatic carbocycles. The Hall–Kier alpha value is -2.73. The summed E-state index contributed by atoms with van der Waals surface area (Å²) >= 11 is 6.12. The maximum atomic E-state index is 14.8. The SMILES string of the molecule is COc1c(S(=O)(=O)NC(C(=N)OC(N)=O)C(C)c2c(F)ccc(C)c2C)ccc(Cl)c1C(C)O. The molecule has 0 aliphatic heterocycles. The number of aliphatic hydroxyl groups excluding tert-OH is 1. The van der Waals surface area contributed by atoms with Crippen LogP contribution in [0.2, 0.25) is 5.02 Å². The molecule has 0 heterocycles. The molecule has 0 aromatic heterocycles. The summed E-state index contributed by atoms with van der Waals surface area (Å²) in [6.45, 7) is 6.28. The second kappa shape index (κ2) is 10.7. The molecule has 3 atom stereocenters. The van der Waals surface area contributed by atoms with E-state index >= 15 is 0 Å². The number of nitrogens with two attached hydrogens (primary N) is 1. The Labute approximate surface area is 202 Å². The number of rotatable bonds is 8. The van der Waals surface area contributed by atoms with Crippen LogP contribution in [-0.4, -0.2) is 38.7 Å². The normalized spacial score (nSPS) is 14.2. The largest absolute Gasteiger partial charge is 0.495 e. The highest BCUT2D eigenvalue weighted by Gasteiger charge is 2.35. The van der Waals surface area contributed by atoms with Crippen LogP contribution in [0.25, 0.3) is 0 Å². The molecule has 12 heteroatoms. The molecule has 0 saturated heterocycles. The number of halogens is 2. The van der Waals surface area contributed by atoms with Gasteiger partial charge in [0.05, 0.1) is 18.2 Å². The first-order valence-corrected chi connectivity index (χ1v) is 12.0. The number of aliphatic hydroxyl groups is 1. The fourth-order valence-electron chi connectivity index (χ4n) is 3.68. The van der Waals surface area contributed by atoms with E-state index in [4.69, 9.17) is 27.5 Å². The number of benzene rings is 2. The Kier molecular flexibility index (Phi) is 8.65. The van der Waals surface area contributed by atoms with E-state index in [9.17, 15) is 22.7 Å². The van der Waals surface area contributed by atoms with Gasteiger partial charge in [-0.25, -0.2) is 17.6 Å². The molecule has 1 amide bonds. The lowest BCUT2D eigenvalue weighted by Gasteiger charge is -2.27. The monoisotopic (exact) mass is 515 g/mol. The number of hydrogen-bond donors (Lipinski definition) is 4. The van der Waals surface area contributed by atoms with Crippen LogP contribution >= 0.6 is 11.6 Å². The number of amides is 1. The average Bonchev–Trinajstić information content (AvgIpc) is 2.73. The summed E-state index contributed by atoms with van der Waals surface area (Å²) in [5.41, 5.74) is 6.50. The van der Waals surface area contributed by atoms with Crippen molar-refractivity contribution in [2.24, 2.45) is 5.73 Å². The summed E-state index contributed by atoms with van der Waals surface area (Å²) in [4.78, 5) is 10.9. The summed E-state index contributed by atoms with van der Waals surface area (Å²) in [6.07, 6.45) is -2.49. The van der Waals surface area contributed by atoms with E-state index in [1.165, 1.54) is 33.1 Å². The first-order chi connectivity index (χ1) is 15.7. The molecule has 2 rings (SSSR count). The van der Waals surface area contributed by atoms with Gasteiger partial charge in [0.15, 0.2) is 0 Å². The Balaban J connectivity index is 2.65. The summed E-state index contributed by atoms with van der Waals surface area (Å²) in [6, 6.07) is 3.71. The maximum Gasteiger partial charge on any atom is 0.411 e. The van der Waals surface area contributed by atoms with Crippen molar-refractivity contribution >= 4 is 33.6 Å². The average molecular weight is 516 g/mol. The van der Waals surface area contributed by atoms with Crippen LogP contribution in [0.3, 0.4) is 0 Å². The third kappa shape index (κ3) is 5.66. The van der Waals surface area contributed by atoms with E-state index in [0.717, 1.165) is 11.6 Å². The topological polar surface area (TPSA) is 152 Å². The van der Waals surface area contributed by atoms with Gasteiger partial charge in [0, 0.05) is 11.5 Å². The minimum Gasteiger partial charge on any atom is -0.495 e. The number of methoxy groups -OCH3 is 1. The summed E-state index contributed by atoms with van der Waals surface area (Å²) in [5.74, 6) is -2.64. The van der Waals surface area contributed by atoms with Crippen molar-refractivity contribution in [2.45, 2.75) is 50.7 Å². The molecule has 9 nitrogen and oxygen atoms in total. The van der Waals surface area contributed by atoms with Crippen molar-refractivity contribution < 1.29 is 32.2 Å². The molecule has 2 aromatic carbocycles. The predicted molar refractivity (Wildman–Crippen MR) is 125 cm³/mol. The predicted octanol–water partition coefficient (Wildman–Crippen LogP) is 3.68. The lowest BCUT2D eigenvalue weighted by molar-refractivity contribution is 0.193. The number of carbonyl (C=O) groups is 1. The van der Waals surface area contributed by atoms with E-state index in [1.54, 1.807) is 19.9 Å². The second-order valence-electron chi connectivity index (χ2n) is 7.74. The zero-order chi connectivity index (χ0) is 26.0. The van der Waals surface area contributed by atoms with Crippen molar-refractivity contribution in [3.05, 3.63) is 57.4 Å². The number of ether oxygens (including phenoxy) is 2. The fourth-order valence-corrected chi connectivity index (χ4v) is 5.45. The van der Waals surface area contributed by atoms with E-state index in [-0.39, 0.29) is 26.8 Å². The van der Waals surface area contributed by atoms with Crippen molar-refractivity contribution in [3.63, 3.8) is 0 Å². The first kappa shape index (κ1) is 27.5. The van der Waals surface area contributed by atoms with E-state index in [1.807, 2.05) is 0 Å². The van der Waals surface area contributed by atoms with Crippen LogP contribution in [0.15, 0.2) is 29.2 Å². The second-order valence-corrected chi connectivity index (χ2v) is 9.83. The molecule has 34 heavy (non-hydrogen) atoms. The molecule has 0 aliphatic rings. The van der Waals surface area contributed by atoms with Gasteiger partial charge in [0.1, 0.15) is 22.5 Å². The quantitative estimate of drug-likeness (QED) is 0.311. The van der Waals surface area contributed by atoms with Crippen molar-refractivity contribution in [3.8, 4) is 5.75 Å². The zero-order valence-corrected chi connectivity index (χ0v) is 20.8. The van der Waals surface area contributed by atoms with E-state index in [2.05, 4.69) is 9.46 Å². The van der Waals surface area contributed by atoms with Gasteiger partial charge in [0.25, 0.3) is 0 Å². The highest BCUT2D eigenvalue weighted by Crippen LogP contribution is 2.38. The third-order valence-electron chi connectivity index (χ3n) is 5.48. The Morgan fingerprint density at radius 3 is 2.35 bits per heavy atom. The van der Waals surface area contributed by atoms with Gasteiger partial charge in [-0.1, -0.05) is 24.6 Å². The molecule has 186 valence electrons. The van der Waals surface area contributed by atoms with Crippen LogP contribution in [0, 0.1) is 25.1 Å². The third-order valence-corrected chi connectivity index (χ3v) is 7.28. The Morgan fingerprint density at radius 1 is 1.21 bits per heavy atom. The fraction of sp³-hybridized carbons (Fsp3) is 0.364. The highest BCUT2D eigenvalue weighted by molar-refractivity contribution is 7.89. The molecular formula is C22H27ClFN3O6S. The van der Waals surface area contributed by atoms with Crippen molar-refractivity contribution in [2.75, 3.05) is 7.11 Å². The number of aryl methyl sites for hydroxylation is 1. The smallest absolute Gasteiger partial charge is 0.411 e. The molecular weight excluding hydrogens is 489 g/mol. The lowest BCUT2D eigenvalue weighted by atomic mass is 9.88. The highest BCUT2D eigenvalue weighted by atomic mass is 35.5. The Bertz CT molecular complexity index is 1220. The van der Waals surface area contributed by atoms with Crippen LogP contribution in [0.4, 0.5) is 9.18 Å². The molecule has 5 N–H and O–H groups in total. The van der Waals surface area contributed by atoms with E-state index < -0.39 is 45.9 Å². The summed E-state index contributed by atoms with van der Waals surface area (Å²) < 4.78 is 53.8. The van der Waals surface area contributed by atoms with Gasteiger partial charge in [-0.2, -0.15) is 4.72 Å². The number of nitrogens with one attached hydrogen (secondary N) is 2. The van der Waals surface area contributed by atoms with Crippen LogP contribution in [0.1, 0.15) is 48.1 Å². The van der Waals surface area contributed by atoms with E-state index in [0.29, 0.717) is 5.56 Å². The maximum absolute atomic E-state index is 14.8. The molecule has 0 saturated carbocycles. The summed E-state index contributed by atoms with van der Waals surface area (Å²) in [5, 5.41) is 18.3. The molecule has 0 bridgehead atoms. The van der Waals surface area contributed by atoms with Crippen LogP contribution in [0.5, 0.6) is 5.75 Å². The molecule has 0 spiro atoms. The van der Waals surface area contributed by atoms with Gasteiger partial charge in [-0.05, 0) is 55.7 Å². The molecule has 2 aromatic rings. The van der Waals surface area contributed by atoms with Crippen molar-refractivity contribution in [1.29, 1.82) is 5.41 Å². The number of sulfonamides is 1. The number of carbonyl (C=O) groups excluding carboxylic acids is 1. The standard InChI is InChI=1S/C22H27ClFN3O6S/c1-10-6-8-15(24)17(11(10)2)12(3)19(21(25)33-22(26)29)27-34(30,31)16-9-7-14(23)18(13(4)28)20(16)32-5/h6-9,12-13,19,25,27-28H,1-5H3,(H2,26,29). The van der Waals surface area contributed by atoms with Gasteiger partial charge in [-0.3, -0.25) is 5.41 Å². The number of primary amides is 1. The van der Waals surface area contributed by atoms with Gasteiger partial charge in [0.2, 0.25) is 15.9 Å². The lowest BCUT2D eigenvalue weighted by Crippen LogP contribution is -2.46. The number of hydrogen-bond acceptors (Lipinski definition) is 7. The first-order valence-electron chi connectivity index (χ1n) is 10.1. The summed E-state index contributed by atoms with van der Waals surface area (Å²) in [7, 11) is -3.28. The van der Waals surface area contributed by atoms with Crippen LogP contribution in [-0.2, 0) is 14.8 Å². The van der Waals surface area contributed by atoms with Crippen molar-refractivity contribution in [1.82, 2.24) is 4.72 Å². The minimum atomic E-state index is -4.48. The van der Waals surface area contributed by atoms with Crippen LogP contribution < -0.4 is 15.2 Å². The minimum absolute atomic E-state index is 0.0423. The van der Waals surface area contributed by atoms with Gasteiger partial charge < -0.3 is 20.3 Å². The van der Waals surface area contributed by atoms with Gasteiger partial charge >= 0.3 is 6.09 Å². The molecule has 0 radical (unpaired) electrons. The zero-order valence-electron chi connectivity index (χ0n) is 19.3. The molecule has 3 unspecified atom stereocenters. The Morgan fingerprint density at radius 2 is 1.82 bits per heavy atom.